The van der Waals surface area contributed by atoms with E-state index in [9.17, 15) is 0 Å². The second kappa shape index (κ2) is 6.51. The third-order valence-corrected chi connectivity index (χ3v) is 4.42. The molecule has 2 rings (SSSR count). The van der Waals surface area contributed by atoms with Gasteiger partial charge in [-0.1, -0.05) is 37.1 Å². The molecule has 0 bridgehead atoms. The molecule has 1 atom stereocenters. The SMILES string of the molecule is COCC(OC)c1cccc(C2(CN)CCCC2)c1. The van der Waals surface area contributed by atoms with E-state index >= 15 is 0 Å². The van der Waals surface area contributed by atoms with Crippen LogP contribution in [0.15, 0.2) is 24.3 Å². The van der Waals surface area contributed by atoms with Gasteiger partial charge in [-0.05, 0) is 24.0 Å². The molecule has 1 aliphatic carbocycles. The largest absolute Gasteiger partial charge is 0.382 e. The highest BCUT2D eigenvalue weighted by Crippen LogP contribution is 2.40. The van der Waals surface area contributed by atoms with Crippen LogP contribution in [0.4, 0.5) is 0 Å². The van der Waals surface area contributed by atoms with Crippen molar-refractivity contribution in [3.8, 4) is 0 Å². The lowest BCUT2D eigenvalue weighted by atomic mass is 9.78. The van der Waals surface area contributed by atoms with Gasteiger partial charge in [0.25, 0.3) is 0 Å². The van der Waals surface area contributed by atoms with E-state index in [1.54, 1.807) is 14.2 Å². The maximum Gasteiger partial charge on any atom is 0.105 e. The Morgan fingerprint density at radius 1 is 1.26 bits per heavy atom. The molecule has 1 aliphatic rings. The average Bonchev–Trinajstić information content (AvgIpc) is 2.95. The van der Waals surface area contributed by atoms with E-state index in [0.717, 1.165) is 6.54 Å². The number of ether oxygens (including phenoxy) is 2. The quantitative estimate of drug-likeness (QED) is 0.858. The molecule has 1 saturated carbocycles. The average molecular weight is 263 g/mol. The van der Waals surface area contributed by atoms with E-state index in [1.807, 2.05) is 0 Å². The number of hydrogen-bond acceptors (Lipinski definition) is 3. The van der Waals surface area contributed by atoms with Gasteiger partial charge in [0.1, 0.15) is 6.10 Å². The van der Waals surface area contributed by atoms with Crippen LogP contribution in [0.5, 0.6) is 0 Å². The normalized spacial score (nSPS) is 19.5. The van der Waals surface area contributed by atoms with Gasteiger partial charge < -0.3 is 15.2 Å². The molecule has 1 fully saturated rings. The van der Waals surface area contributed by atoms with E-state index in [-0.39, 0.29) is 11.5 Å². The summed E-state index contributed by atoms with van der Waals surface area (Å²) in [6, 6.07) is 8.69. The topological polar surface area (TPSA) is 44.5 Å². The molecule has 1 aromatic carbocycles. The Morgan fingerprint density at radius 2 is 2.00 bits per heavy atom. The van der Waals surface area contributed by atoms with E-state index in [2.05, 4.69) is 24.3 Å². The first-order valence-electron chi connectivity index (χ1n) is 7.08. The molecule has 106 valence electrons. The van der Waals surface area contributed by atoms with Crippen LogP contribution in [-0.4, -0.2) is 27.4 Å². The lowest BCUT2D eigenvalue weighted by Crippen LogP contribution is -2.32. The summed E-state index contributed by atoms with van der Waals surface area (Å²) in [5.74, 6) is 0. The molecule has 0 spiro atoms. The first kappa shape index (κ1) is 14.5. The summed E-state index contributed by atoms with van der Waals surface area (Å²) in [5, 5.41) is 0. The van der Waals surface area contributed by atoms with Gasteiger partial charge in [-0.3, -0.25) is 0 Å². The minimum Gasteiger partial charge on any atom is -0.382 e. The number of benzene rings is 1. The first-order chi connectivity index (χ1) is 9.25. The molecule has 0 saturated heterocycles. The van der Waals surface area contributed by atoms with Crippen molar-refractivity contribution in [1.82, 2.24) is 0 Å². The molecule has 3 heteroatoms. The molecule has 19 heavy (non-hydrogen) atoms. The fourth-order valence-corrected chi connectivity index (χ4v) is 3.18. The van der Waals surface area contributed by atoms with Crippen molar-refractivity contribution in [1.29, 1.82) is 0 Å². The molecular weight excluding hydrogens is 238 g/mol. The highest BCUT2D eigenvalue weighted by Gasteiger charge is 2.34. The highest BCUT2D eigenvalue weighted by molar-refractivity contribution is 5.33. The zero-order valence-corrected chi connectivity index (χ0v) is 12.0. The molecule has 3 nitrogen and oxygen atoms in total. The second-order valence-electron chi connectivity index (χ2n) is 5.50. The molecule has 0 aliphatic heterocycles. The van der Waals surface area contributed by atoms with E-state index in [1.165, 1.54) is 36.8 Å². The summed E-state index contributed by atoms with van der Waals surface area (Å²) >= 11 is 0. The Labute approximate surface area is 116 Å². The Hall–Kier alpha value is -0.900. The van der Waals surface area contributed by atoms with Gasteiger partial charge in [0.05, 0.1) is 6.61 Å². The molecule has 1 aromatic rings. The molecule has 1 unspecified atom stereocenters. The van der Waals surface area contributed by atoms with Gasteiger partial charge in [-0.15, -0.1) is 0 Å². The van der Waals surface area contributed by atoms with E-state index in [4.69, 9.17) is 15.2 Å². The molecule has 0 heterocycles. The van der Waals surface area contributed by atoms with Crippen LogP contribution in [0.25, 0.3) is 0 Å². The highest BCUT2D eigenvalue weighted by atomic mass is 16.5. The van der Waals surface area contributed by atoms with Gasteiger partial charge in [0.2, 0.25) is 0 Å². The predicted molar refractivity (Wildman–Crippen MR) is 77.3 cm³/mol. The van der Waals surface area contributed by atoms with Crippen molar-refractivity contribution < 1.29 is 9.47 Å². The smallest absolute Gasteiger partial charge is 0.105 e. The minimum absolute atomic E-state index is 0.00109. The Bertz CT molecular complexity index is 399. The van der Waals surface area contributed by atoms with Crippen LogP contribution < -0.4 is 5.73 Å². The van der Waals surface area contributed by atoms with E-state index in [0.29, 0.717) is 6.61 Å². The lowest BCUT2D eigenvalue weighted by Gasteiger charge is -2.29. The van der Waals surface area contributed by atoms with Crippen molar-refractivity contribution in [2.24, 2.45) is 5.73 Å². The number of rotatable bonds is 6. The number of nitrogens with two attached hydrogens (primary N) is 1. The number of hydrogen-bond donors (Lipinski definition) is 1. The van der Waals surface area contributed by atoms with E-state index < -0.39 is 0 Å². The Morgan fingerprint density at radius 3 is 2.58 bits per heavy atom. The van der Waals surface area contributed by atoms with Crippen LogP contribution in [0.2, 0.25) is 0 Å². The van der Waals surface area contributed by atoms with Gasteiger partial charge in [-0.2, -0.15) is 0 Å². The van der Waals surface area contributed by atoms with Crippen LogP contribution in [0.1, 0.15) is 42.9 Å². The van der Waals surface area contributed by atoms with Crippen molar-refractivity contribution in [3.63, 3.8) is 0 Å². The first-order valence-corrected chi connectivity index (χ1v) is 7.08. The molecule has 0 amide bonds. The molecular formula is C16H25NO2. The maximum absolute atomic E-state index is 6.06. The molecule has 0 aromatic heterocycles. The Kier molecular flexibility index (Phi) is 4.97. The molecule has 0 radical (unpaired) electrons. The van der Waals surface area contributed by atoms with Crippen LogP contribution in [0.3, 0.4) is 0 Å². The summed E-state index contributed by atoms with van der Waals surface area (Å²) in [7, 11) is 3.43. The van der Waals surface area contributed by atoms with Crippen molar-refractivity contribution in [2.75, 3.05) is 27.4 Å². The summed E-state index contributed by atoms with van der Waals surface area (Å²) in [6.07, 6.45) is 4.98. The minimum atomic E-state index is 0.00109. The summed E-state index contributed by atoms with van der Waals surface area (Å²) < 4.78 is 10.7. The Balaban J connectivity index is 2.27. The van der Waals surface area contributed by atoms with Gasteiger partial charge >= 0.3 is 0 Å². The van der Waals surface area contributed by atoms with Gasteiger partial charge in [0, 0.05) is 26.2 Å². The summed E-state index contributed by atoms with van der Waals surface area (Å²) in [4.78, 5) is 0. The predicted octanol–water partition coefficient (Wildman–Crippen LogP) is 2.79. The lowest BCUT2D eigenvalue weighted by molar-refractivity contribution is 0.0274. The van der Waals surface area contributed by atoms with Crippen molar-refractivity contribution in [3.05, 3.63) is 35.4 Å². The maximum atomic E-state index is 6.06. The van der Waals surface area contributed by atoms with Gasteiger partial charge in [0.15, 0.2) is 0 Å². The second-order valence-corrected chi connectivity index (χ2v) is 5.50. The third-order valence-electron chi connectivity index (χ3n) is 4.42. The van der Waals surface area contributed by atoms with Crippen LogP contribution in [0, 0.1) is 0 Å². The van der Waals surface area contributed by atoms with Crippen molar-refractivity contribution >= 4 is 0 Å². The zero-order valence-electron chi connectivity index (χ0n) is 12.0. The molecule has 2 N–H and O–H groups in total. The van der Waals surface area contributed by atoms with Crippen molar-refractivity contribution in [2.45, 2.75) is 37.2 Å². The monoisotopic (exact) mass is 263 g/mol. The third kappa shape index (κ3) is 2.99. The van der Waals surface area contributed by atoms with Crippen LogP contribution in [-0.2, 0) is 14.9 Å². The summed E-state index contributed by atoms with van der Waals surface area (Å²) in [5.41, 5.74) is 8.79. The van der Waals surface area contributed by atoms with Gasteiger partial charge in [-0.25, -0.2) is 0 Å². The zero-order chi connectivity index (χ0) is 13.7. The summed E-state index contributed by atoms with van der Waals surface area (Å²) in [6.45, 7) is 1.31. The number of methoxy groups -OCH3 is 2. The van der Waals surface area contributed by atoms with Crippen LogP contribution >= 0.6 is 0 Å². The standard InChI is InChI=1S/C16H25NO2/c1-18-11-15(19-2)13-6-5-7-14(10-13)16(12-17)8-3-4-9-16/h5-7,10,15H,3-4,8-9,11-12,17H2,1-2H3. The fourth-order valence-electron chi connectivity index (χ4n) is 3.18. The fraction of sp³-hybridized carbons (Fsp3) is 0.625.